The Morgan fingerprint density at radius 1 is 0.449 bits per heavy atom. The zero-order valence-corrected chi connectivity index (χ0v) is 27.3. The molecule has 6 aromatic carbocycles. The SMILES string of the molecule is Nc1cc2c(O)c(N)c(S(=O)(=O)O)cc2cc1S(=O)(=O)O.Nc1ccc(N)c2cc(O)ccc12.Nc1ccc2c(S(=O)(=O)O)cccc2c1. The highest BCUT2D eigenvalue weighted by molar-refractivity contribution is 7.86. The lowest BCUT2D eigenvalue weighted by Crippen LogP contribution is -2.06. The molecule has 0 unspecified atom stereocenters. The van der Waals surface area contributed by atoms with Crippen molar-refractivity contribution in [1.29, 1.82) is 0 Å². The van der Waals surface area contributed by atoms with Crippen molar-refractivity contribution in [3.05, 3.63) is 84.9 Å². The number of nitrogens with two attached hydrogens (primary N) is 5. The highest BCUT2D eigenvalue weighted by Gasteiger charge is 2.22. The lowest BCUT2D eigenvalue weighted by atomic mass is 10.1. The minimum atomic E-state index is -4.73. The van der Waals surface area contributed by atoms with E-state index in [2.05, 4.69) is 0 Å². The number of anilines is 5. The van der Waals surface area contributed by atoms with Gasteiger partial charge in [-0.15, -0.1) is 0 Å². The number of phenols is 2. The van der Waals surface area contributed by atoms with E-state index in [1.807, 2.05) is 0 Å². The van der Waals surface area contributed by atoms with Crippen molar-refractivity contribution < 1.29 is 49.1 Å². The largest absolute Gasteiger partial charge is 0.508 e. The highest BCUT2D eigenvalue weighted by Crippen LogP contribution is 2.39. The van der Waals surface area contributed by atoms with Gasteiger partial charge in [0.15, 0.2) is 0 Å². The van der Waals surface area contributed by atoms with Gasteiger partial charge in [0.2, 0.25) is 0 Å². The monoisotopic (exact) mass is 731 g/mol. The summed E-state index contributed by atoms with van der Waals surface area (Å²) < 4.78 is 93.8. The van der Waals surface area contributed by atoms with E-state index in [1.54, 1.807) is 60.7 Å². The molecule has 15 N–H and O–H groups in total. The van der Waals surface area contributed by atoms with Crippen LogP contribution in [0.1, 0.15) is 0 Å². The van der Waals surface area contributed by atoms with Crippen molar-refractivity contribution in [2.24, 2.45) is 0 Å². The number of fused-ring (bicyclic) bond motifs is 3. The van der Waals surface area contributed by atoms with Gasteiger partial charge in [0.25, 0.3) is 30.4 Å². The van der Waals surface area contributed by atoms with Crippen LogP contribution in [0.3, 0.4) is 0 Å². The quantitative estimate of drug-likeness (QED) is 0.0706. The van der Waals surface area contributed by atoms with Gasteiger partial charge in [-0.3, -0.25) is 13.7 Å². The summed E-state index contributed by atoms with van der Waals surface area (Å²) >= 11 is 0. The van der Waals surface area contributed by atoms with Gasteiger partial charge < -0.3 is 38.9 Å². The topological polar surface area (TPSA) is 334 Å². The number of benzene rings is 6. The van der Waals surface area contributed by atoms with Crippen molar-refractivity contribution in [1.82, 2.24) is 0 Å². The van der Waals surface area contributed by atoms with Crippen molar-refractivity contribution in [2.45, 2.75) is 14.7 Å². The van der Waals surface area contributed by atoms with Crippen molar-refractivity contribution >= 4 is 91.1 Å². The van der Waals surface area contributed by atoms with Crippen LogP contribution in [0, 0.1) is 0 Å². The first-order valence-corrected chi connectivity index (χ1v) is 17.7. The molecule has 0 bridgehead atoms. The van der Waals surface area contributed by atoms with Gasteiger partial charge in [-0.25, -0.2) is 0 Å². The fourth-order valence-electron chi connectivity index (χ4n) is 4.73. The molecule has 6 aromatic rings. The number of hydrogen-bond donors (Lipinski definition) is 10. The summed E-state index contributed by atoms with van der Waals surface area (Å²) in [5.74, 6) is -0.487. The molecule has 0 saturated carbocycles. The van der Waals surface area contributed by atoms with Crippen LogP contribution in [0.5, 0.6) is 11.5 Å². The summed E-state index contributed by atoms with van der Waals surface area (Å²) in [5, 5.41) is 21.8. The second-order valence-electron chi connectivity index (χ2n) is 10.4. The summed E-state index contributed by atoms with van der Waals surface area (Å²) in [6.07, 6.45) is 0. The zero-order valence-electron chi connectivity index (χ0n) is 24.9. The lowest BCUT2D eigenvalue weighted by molar-refractivity contribution is 0.473. The van der Waals surface area contributed by atoms with E-state index >= 15 is 0 Å². The number of aromatic hydroxyl groups is 2. The van der Waals surface area contributed by atoms with E-state index in [-0.39, 0.29) is 27.1 Å². The summed E-state index contributed by atoms with van der Waals surface area (Å²) in [6, 6.07) is 20.7. The van der Waals surface area contributed by atoms with Crippen LogP contribution in [0.2, 0.25) is 0 Å². The van der Waals surface area contributed by atoms with Crippen molar-refractivity contribution in [2.75, 3.05) is 28.7 Å². The maximum Gasteiger partial charge on any atom is 0.296 e. The minimum Gasteiger partial charge on any atom is -0.508 e. The van der Waals surface area contributed by atoms with Crippen LogP contribution in [0.25, 0.3) is 32.3 Å². The van der Waals surface area contributed by atoms with E-state index in [4.69, 9.17) is 42.3 Å². The number of phenolic OH excluding ortho intramolecular Hbond substituents is 2. The molecule has 0 fully saturated rings. The maximum absolute atomic E-state index is 11.2. The van der Waals surface area contributed by atoms with Crippen LogP contribution in [0.15, 0.2) is 99.6 Å². The number of hydrogen-bond acceptors (Lipinski definition) is 13. The van der Waals surface area contributed by atoms with Gasteiger partial charge in [-0.1, -0.05) is 18.2 Å². The van der Waals surface area contributed by atoms with E-state index in [0.717, 1.165) is 29.0 Å². The number of rotatable bonds is 3. The molecule has 0 aromatic heterocycles. The van der Waals surface area contributed by atoms with Crippen LogP contribution < -0.4 is 28.7 Å². The molecule has 258 valence electrons. The molecular weight excluding hydrogens is 703 g/mol. The Labute approximate surface area is 279 Å². The Hall–Kier alpha value is -5.57. The third-order valence-electron chi connectivity index (χ3n) is 7.01. The molecule has 6 rings (SSSR count). The molecule has 0 aliphatic heterocycles. The van der Waals surface area contributed by atoms with E-state index in [0.29, 0.717) is 27.8 Å². The van der Waals surface area contributed by atoms with E-state index in [1.165, 1.54) is 6.07 Å². The predicted molar refractivity (Wildman–Crippen MR) is 187 cm³/mol. The van der Waals surface area contributed by atoms with Gasteiger partial charge in [0.1, 0.15) is 26.2 Å². The Balaban J connectivity index is 0.000000171. The van der Waals surface area contributed by atoms with Gasteiger partial charge in [-0.05, 0) is 77.5 Å². The maximum atomic E-state index is 11.2. The molecule has 0 atom stereocenters. The molecule has 49 heavy (non-hydrogen) atoms. The van der Waals surface area contributed by atoms with E-state index in [9.17, 15) is 35.5 Å². The highest BCUT2D eigenvalue weighted by atomic mass is 32.2. The molecule has 0 saturated heterocycles. The molecule has 16 nitrogen and oxygen atoms in total. The van der Waals surface area contributed by atoms with Gasteiger partial charge in [-0.2, -0.15) is 25.3 Å². The molecule has 19 heteroatoms. The third kappa shape index (κ3) is 7.95. The lowest BCUT2D eigenvalue weighted by Gasteiger charge is -2.11. The Morgan fingerprint density at radius 3 is 1.59 bits per heavy atom. The van der Waals surface area contributed by atoms with Crippen molar-refractivity contribution in [3.8, 4) is 11.5 Å². The summed E-state index contributed by atoms with van der Waals surface area (Å²) in [6.45, 7) is 0. The average Bonchev–Trinajstić information content (AvgIpc) is 2.99. The fraction of sp³-hybridized carbons (Fsp3) is 0. The number of nitrogen functional groups attached to an aromatic ring is 5. The fourth-order valence-corrected chi connectivity index (χ4v) is 6.73. The molecule has 0 radical (unpaired) electrons. The summed E-state index contributed by atoms with van der Waals surface area (Å²) in [5.41, 5.74) is 28.8. The third-order valence-corrected chi connectivity index (χ3v) is 9.72. The van der Waals surface area contributed by atoms with Crippen LogP contribution in [-0.4, -0.2) is 49.1 Å². The predicted octanol–water partition coefficient (Wildman–Crippen LogP) is 3.58. The zero-order chi connectivity index (χ0) is 36.6. The Kier molecular flexibility index (Phi) is 9.73. The summed E-state index contributed by atoms with van der Waals surface area (Å²) in [7, 11) is -13.6. The second kappa shape index (κ2) is 13.1. The van der Waals surface area contributed by atoms with Crippen LogP contribution in [-0.2, 0) is 30.4 Å². The first-order valence-electron chi connectivity index (χ1n) is 13.4. The Morgan fingerprint density at radius 2 is 1.00 bits per heavy atom. The first-order chi connectivity index (χ1) is 22.6. The van der Waals surface area contributed by atoms with Gasteiger partial charge in [0.05, 0.1) is 11.4 Å². The smallest absolute Gasteiger partial charge is 0.296 e. The van der Waals surface area contributed by atoms with Gasteiger partial charge in [0, 0.05) is 38.6 Å². The van der Waals surface area contributed by atoms with E-state index < -0.39 is 51.6 Å². The normalized spacial score (nSPS) is 11.8. The molecule has 0 aliphatic carbocycles. The molecular formula is C30H29N5O11S3. The second-order valence-corrected chi connectivity index (χ2v) is 14.6. The van der Waals surface area contributed by atoms with Crippen molar-refractivity contribution in [3.63, 3.8) is 0 Å². The first kappa shape index (κ1) is 36.3. The van der Waals surface area contributed by atoms with Crippen LogP contribution in [0.4, 0.5) is 28.4 Å². The minimum absolute atomic E-state index is 0.0372. The standard InChI is InChI=1S/C10H10N2O7S2.C10H10N2O.C10H9NO3S/c11-6-3-5-4(1-7(6)20(14,15)16)2-8(21(17,18)19)9(12)10(5)13;11-9-3-4-10(12)8-5-6(13)1-2-7(8)9;11-8-4-5-9-7(6-8)2-1-3-10(9)15(12,13)14/h1-3,13H,11-12H2,(H,14,15,16)(H,17,18,19);1-5,13H,11-12H2;1-6H,11H2,(H,12,13,14). The van der Waals surface area contributed by atoms with Crippen LogP contribution >= 0.6 is 0 Å². The summed E-state index contributed by atoms with van der Waals surface area (Å²) in [4.78, 5) is -1.56. The average molecular weight is 732 g/mol. The molecule has 0 amide bonds. The molecule has 0 heterocycles. The molecule has 0 aliphatic rings. The Bertz CT molecular complexity index is 2610. The molecule has 0 spiro atoms. The van der Waals surface area contributed by atoms with Gasteiger partial charge >= 0.3 is 0 Å².